The van der Waals surface area contributed by atoms with E-state index in [0.717, 1.165) is 31.0 Å². The number of nitrogens with two attached hydrogens (primary N) is 1. The Morgan fingerprint density at radius 2 is 2.33 bits per heavy atom. The third kappa shape index (κ3) is 3.04. The van der Waals surface area contributed by atoms with Gasteiger partial charge in [0.15, 0.2) is 11.5 Å². The molecule has 0 unspecified atom stereocenters. The predicted octanol–water partition coefficient (Wildman–Crippen LogP) is 1.47. The van der Waals surface area contributed by atoms with Crippen molar-refractivity contribution >= 4 is 12.4 Å². The number of fused-ring (bicyclic) bond motifs is 1. The number of benzene rings is 1. The average molecular weight is 312 g/mol. The third-order valence-corrected chi connectivity index (χ3v) is 3.90. The molecule has 5 nitrogen and oxygen atoms in total. The molecule has 0 saturated heterocycles. The van der Waals surface area contributed by atoms with Gasteiger partial charge in [0.2, 0.25) is 0 Å². The van der Waals surface area contributed by atoms with Crippen molar-refractivity contribution in [2.75, 3.05) is 26.9 Å². The van der Waals surface area contributed by atoms with Gasteiger partial charge in [-0.2, -0.15) is 0 Å². The summed E-state index contributed by atoms with van der Waals surface area (Å²) in [5.41, 5.74) is 8.15. The summed E-state index contributed by atoms with van der Waals surface area (Å²) < 4.78 is 11.3. The van der Waals surface area contributed by atoms with Gasteiger partial charge in [-0.1, -0.05) is 12.1 Å². The zero-order chi connectivity index (χ0) is 13.9. The Bertz CT molecular complexity index is 522. The molecule has 3 N–H and O–H groups in total. The van der Waals surface area contributed by atoms with Gasteiger partial charge in [-0.05, 0) is 19.0 Å². The molecule has 0 aromatic heterocycles. The second-order valence-electron chi connectivity index (χ2n) is 5.12. The molecule has 0 aliphatic carbocycles. The molecule has 21 heavy (non-hydrogen) atoms. The van der Waals surface area contributed by atoms with Crippen LogP contribution in [-0.4, -0.2) is 37.9 Å². The maximum Gasteiger partial charge on any atom is 0.164 e. The molecule has 0 radical (unpaired) electrons. The molecular weight excluding hydrogens is 290 g/mol. The average Bonchev–Trinajstić information content (AvgIpc) is 2.94. The summed E-state index contributed by atoms with van der Waals surface area (Å²) in [6, 6.07) is 6.42. The minimum absolute atomic E-state index is 0. The zero-order valence-electron chi connectivity index (χ0n) is 12.2. The minimum atomic E-state index is 0. The van der Waals surface area contributed by atoms with E-state index in [-0.39, 0.29) is 12.4 Å². The Morgan fingerprint density at radius 3 is 3.10 bits per heavy atom. The van der Waals surface area contributed by atoms with Crippen molar-refractivity contribution in [2.45, 2.75) is 18.9 Å². The molecule has 0 spiro atoms. The highest BCUT2D eigenvalue weighted by Gasteiger charge is 2.29. The summed E-state index contributed by atoms with van der Waals surface area (Å²) in [6.07, 6.45) is 3.93. The van der Waals surface area contributed by atoms with Crippen LogP contribution in [0.25, 0.3) is 0 Å². The Hall–Kier alpha value is -1.59. The number of methoxy groups -OCH3 is 1. The van der Waals surface area contributed by atoms with E-state index >= 15 is 0 Å². The van der Waals surface area contributed by atoms with E-state index < -0.39 is 0 Å². The molecule has 1 aromatic carbocycles. The molecule has 0 saturated carbocycles. The standard InChI is InChI=1S/C15H21N3O2.ClH/c1-19-14-4-2-3-11-7-13(9-20-15(11)14)18-10-17-8-12(18)5-6-16;/h2-4,8,13,17H,5-7,9-10,16H2,1H3;1H/t13-;/m1./s1. The van der Waals surface area contributed by atoms with Gasteiger partial charge in [0.1, 0.15) is 6.61 Å². The Kier molecular flexibility index (Phi) is 5.20. The highest BCUT2D eigenvalue weighted by molar-refractivity contribution is 5.85. The van der Waals surface area contributed by atoms with E-state index in [1.54, 1.807) is 7.11 Å². The lowest BCUT2D eigenvalue weighted by atomic mass is 10.0. The molecule has 2 aliphatic rings. The van der Waals surface area contributed by atoms with Crippen LogP contribution in [0.3, 0.4) is 0 Å². The van der Waals surface area contributed by atoms with Gasteiger partial charge in [-0.3, -0.25) is 0 Å². The van der Waals surface area contributed by atoms with Crippen molar-refractivity contribution in [1.82, 2.24) is 10.2 Å². The Morgan fingerprint density at radius 1 is 1.48 bits per heavy atom. The van der Waals surface area contributed by atoms with E-state index in [2.05, 4.69) is 22.5 Å². The first-order valence-electron chi connectivity index (χ1n) is 7.01. The van der Waals surface area contributed by atoms with Crippen molar-refractivity contribution in [2.24, 2.45) is 5.73 Å². The van der Waals surface area contributed by atoms with Gasteiger partial charge in [0.05, 0.1) is 19.8 Å². The molecule has 2 aliphatic heterocycles. The summed E-state index contributed by atoms with van der Waals surface area (Å²) in [4.78, 5) is 2.36. The van der Waals surface area contributed by atoms with Crippen molar-refractivity contribution in [3.63, 3.8) is 0 Å². The van der Waals surface area contributed by atoms with Gasteiger partial charge in [0.25, 0.3) is 0 Å². The normalized spacial score (nSPS) is 19.8. The quantitative estimate of drug-likeness (QED) is 0.882. The second kappa shape index (κ2) is 6.91. The van der Waals surface area contributed by atoms with Crippen LogP contribution < -0.4 is 20.5 Å². The maximum absolute atomic E-state index is 5.94. The second-order valence-corrected chi connectivity index (χ2v) is 5.12. The van der Waals surface area contributed by atoms with Crippen LogP contribution in [0.1, 0.15) is 12.0 Å². The number of ether oxygens (including phenoxy) is 2. The van der Waals surface area contributed by atoms with E-state index in [1.165, 1.54) is 11.3 Å². The lowest BCUT2D eigenvalue weighted by Gasteiger charge is -2.35. The van der Waals surface area contributed by atoms with Crippen LogP contribution in [0.15, 0.2) is 30.1 Å². The molecule has 0 bridgehead atoms. The van der Waals surface area contributed by atoms with Gasteiger partial charge in [-0.15, -0.1) is 12.4 Å². The number of hydrogen-bond donors (Lipinski definition) is 2. The topological polar surface area (TPSA) is 59.8 Å². The number of rotatable bonds is 4. The lowest BCUT2D eigenvalue weighted by molar-refractivity contribution is 0.148. The van der Waals surface area contributed by atoms with Crippen LogP contribution >= 0.6 is 12.4 Å². The molecule has 0 fully saturated rings. The van der Waals surface area contributed by atoms with Gasteiger partial charge in [0, 0.05) is 23.9 Å². The summed E-state index contributed by atoms with van der Waals surface area (Å²) >= 11 is 0. The van der Waals surface area contributed by atoms with E-state index in [9.17, 15) is 0 Å². The molecule has 3 rings (SSSR count). The van der Waals surface area contributed by atoms with Gasteiger partial charge in [-0.25, -0.2) is 0 Å². The SMILES string of the molecule is COc1cccc2c1OC[C@H](N1CNC=C1CCN)C2.Cl. The Labute approximate surface area is 131 Å². The first kappa shape index (κ1) is 15.8. The fourth-order valence-corrected chi connectivity index (χ4v) is 2.91. The van der Waals surface area contributed by atoms with Crippen LogP contribution in [0, 0.1) is 0 Å². The first-order chi connectivity index (χ1) is 9.83. The number of halogens is 1. The minimum Gasteiger partial charge on any atom is -0.493 e. The number of nitrogens with one attached hydrogen (secondary N) is 1. The zero-order valence-corrected chi connectivity index (χ0v) is 13.0. The fraction of sp³-hybridized carbons (Fsp3) is 0.467. The highest BCUT2D eigenvalue weighted by atomic mass is 35.5. The summed E-state index contributed by atoms with van der Waals surface area (Å²) in [5, 5.41) is 3.28. The van der Waals surface area contributed by atoms with Crippen LogP contribution in [0.2, 0.25) is 0 Å². The largest absolute Gasteiger partial charge is 0.493 e. The van der Waals surface area contributed by atoms with Gasteiger partial charge >= 0.3 is 0 Å². The Balaban J connectivity index is 0.00000161. The highest BCUT2D eigenvalue weighted by Crippen LogP contribution is 2.36. The number of nitrogens with zero attached hydrogens (tertiary/aromatic N) is 1. The van der Waals surface area contributed by atoms with Crippen molar-refractivity contribution in [3.8, 4) is 11.5 Å². The monoisotopic (exact) mass is 311 g/mol. The number of hydrogen-bond acceptors (Lipinski definition) is 5. The molecular formula is C15H22ClN3O2. The smallest absolute Gasteiger partial charge is 0.164 e. The van der Waals surface area contributed by atoms with Crippen LogP contribution in [0.4, 0.5) is 0 Å². The number of para-hydroxylation sites is 1. The molecule has 116 valence electrons. The van der Waals surface area contributed by atoms with Crippen molar-refractivity contribution < 1.29 is 9.47 Å². The fourth-order valence-electron chi connectivity index (χ4n) is 2.91. The van der Waals surface area contributed by atoms with Crippen LogP contribution in [-0.2, 0) is 6.42 Å². The lowest BCUT2D eigenvalue weighted by Crippen LogP contribution is -2.43. The van der Waals surface area contributed by atoms with Crippen LogP contribution in [0.5, 0.6) is 11.5 Å². The summed E-state index contributed by atoms with van der Waals surface area (Å²) in [7, 11) is 1.68. The molecule has 0 amide bonds. The molecule has 1 atom stereocenters. The predicted molar refractivity (Wildman–Crippen MR) is 84.8 cm³/mol. The molecule has 1 aromatic rings. The summed E-state index contributed by atoms with van der Waals surface area (Å²) in [6.45, 7) is 2.18. The molecule has 6 heteroatoms. The van der Waals surface area contributed by atoms with E-state index in [4.69, 9.17) is 15.2 Å². The summed E-state index contributed by atoms with van der Waals surface area (Å²) in [5.74, 6) is 1.71. The first-order valence-corrected chi connectivity index (χ1v) is 7.01. The van der Waals surface area contributed by atoms with Crippen molar-refractivity contribution in [1.29, 1.82) is 0 Å². The molecule has 2 heterocycles. The van der Waals surface area contributed by atoms with E-state index in [0.29, 0.717) is 19.2 Å². The van der Waals surface area contributed by atoms with E-state index in [1.807, 2.05) is 12.1 Å². The maximum atomic E-state index is 5.94. The van der Waals surface area contributed by atoms with Crippen molar-refractivity contribution in [3.05, 3.63) is 35.7 Å². The third-order valence-electron chi connectivity index (χ3n) is 3.90. The van der Waals surface area contributed by atoms with Gasteiger partial charge < -0.3 is 25.4 Å².